The molecule has 5 nitrogen and oxygen atoms in total. The Morgan fingerprint density at radius 3 is 2.86 bits per heavy atom. The molecule has 0 aromatic heterocycles. The first-order chi connectivity index (χ1) is 9.90. The highest BCUT2D eigenvalue weighted by Gasteiger charge is 2.39. The number of hydrogen-bond donors (Lipinski definition) is 2. The van der Waals surface area contributed by atoms with Crippen molar-refractivity contribution >= 4 is 39.7 Å². The number of urea groups is 1. The molecule has 0 radical (unpaired) electrons. The van der Waals surface area contributed by atoms with E-state index in [1.807, 2.05) is 38.1 Å². The third kappa shape index (κ3) is 3.71. The second kappa shape index (κ2) is 6.70. The summed E-state index contributed by atoms with van der Waals surface area (Å²) in [6.45, 7) is 3.72. The standard InChI is InChI=1S/C14H17BrN2O3S/c1-8(10-4-3-5-11(15)6-10)16-14(20)17-9(2)21-7-12(17)13(18)19/h3-6,8-9,12H,7H2,1-2H3,(H,16,20)(H,18,19). The van der Waals surface area contributed by atoms with Crippen molar-refractivity contribution < 1.29 is 14.7 Å². The minimum atomic E-state index is -0.961. The Balaban J connectivity index is 2.08. The average molecular weight is 373 g/mol. The van der Waals surface area contributed by atoms with Crippen LogP contribution in [0.3, 0.4) is 0 Å². The zero-order chi connectivity index (χ0) is 15.6. The van der Waals surface area contributed by atoms with E-state index in [-0.39, 0.29) is 17.4 Å². The van der Waals surface area contributed by atoms with Gasteiger partial charge >= 0.3 is 12.0 Å². The van der Waals surface area contributed by atoms with Gasteiger partial charge in [0, 0.05) is 10.2 Å². The fourth-order valence-corrected chi connectivity index (χ4v) is 3.84. The molecule has 0 bridgehead atoms. The predicted molar refractivity (Wildman–Crippen MR) is 86.3 cm³/mol. The predicted octanol–water partition coefficient (Wildman–Crippen LogP) is 3.07. The molecule has 2 N–H and O–H groups in total. The summed E-state index contributed by atoms with van der Waals surface area (Å²) in [5.41, 5.74) is 0.962. The fraction of sp³-hybridized carbons (Fsp3) is 0.429. The number of carbonyl (C=O) groups is 2. The highest BCUT2D eigenvalue weighted by molar-refractivity contribution is 9.10. The van der Waals surface area contributed by atoms with Crippen molar-refractivity contribution in [2.45, 2.75) is 31.3 Å². The lowest BCUT2D eigenvalue weighted by Crippen LogP contribution is -2.49. The van der Waals surface area contributed by atoms with Gasteiger partial charge in [0.05, 0.1) is 11.4 Å². The Morgan fingerprint density at radius 2 is 2.24 bits per heavy atom. The molecule has 0 aliphatic carbocycles. The van der Waals surface area contributed by atoms with Gasteiger partial charge in [0.15, 0.2) is 0 Å². The van der Waals surface area contributed by atoms with Gasteiger partial charge in [0.2, 0.25) is 0 Å². The zero-order valence-corrected chi connectivity index (χ0v) is 14.1. The molecule has 1 aromatic carbocycles. The molecular formula is C14H17BrN2O3S. The van der Waals surface area contributed by atoms with Crippen molar-refractivity contribution in [1.29, 1.82) is 0 Å². The van der Waals surface area contributed by atoms with Crippen LogP contribution < -0.4 is 5.32 Å². The van der Waals surface area contributed by atoms with Gasteiger partial charge in [-0.25, -0.2) is 9.59 Å². The third-order valence-corrected chi connectivity index (χ3v) is 5.14. The van der Waals surface area contributed by atoms with Gasteiger partial charge in [0.25, 0.3) is 0 Å². The van der Waals surface area contributed by atoms with Gasteiger partial charge < -0.3 is 10.4 Å². The van der Waals surface area contributed by atoms with Crippen LogP contribution in [0.2, 0.25) is 0 Å². The van der Waals surface area contributed by atoms with E-state index in [9.17, 15) is 14.7 Å². The molecule has 3 unspecified atom stereocenters. The Bertz CT molecular complexity index is 555. The van der Waals surface area contributed by atoms with Crippen molar-refractivity contribution in [2.75, 3.05) is 5.75 Å². The smallest absolute Gasteiger partial charge is 0.327 e. The molecule has 1 aliphatic rings. The number of carboxylic acid groups (broad SMARTS) is 1. The van der Waals surface area contributed by atoms with E-state index < -0.39 is 12.0 Å². The van der Waals surface area contributed by atoms with Crippen LogP contribution in [0.1, 0.15) is 25.5 Å². The van der Waals surface area contributed by atoms with Gasteiger partial charge in [-0.1, -0.05) is 28.1 Å². The SMILES string of the molecule is CC(NC(=O)N1C(C)SCC1C(=O)O)c1cccc(Br)c1. The average Bonchev–Trinajstić information content (AvgIpc) is 2.80. The first-order valence-electron chi connectivity index (χ1n) is 6.59. The van der Waals surface area contributed by atoms with E-state index in [1.54, 1.807) is 0 Å². The van der Waals surface area contributed by atoms with Gasteiger partial charge in [-0.3, -0.25) is 4.90 Å². The summed E-state index contributed by atoms with van der Waals surface area (Å²) in [5.74, 6) is -0.535. The van der Waals surface area contributed by atoms with Crippen molar-refractivity contribution in [1.82, 2.24) is 10.2 Å². The normalized spacial score (nSPS) is 22.9. The number of amides is 2. The van der Waals surface area contributed by atoms with E-state index >= 15 is 0 Å². The van der Waals surface area contributed by atoms with E-state index in [1.165, 1.54) is 16.7 Å². The van der Waals surface area contributed by atoms with Gasteiger partial charge in [-0.2, -0.15) is 0 Å². The number of thioether (sulfide) groups is 1. The number of carboxylic acids is 1. The van der Waals surface area contributed by atoms with Crippen LogP contribution in [0, 0.1) is 0 Å². The number of aliphatic carboxylic acids is 1. The maximum absolute atomic E-state index is 12.4. The molecule has 1 saturated heterocycles. The van der Waals surface area contributed by atoms with Crippen LogP contribution in [0.4, 0.5) is 4.79 Å². The van der Waals surface area contributed by atoms with E-state index in [0.717, 1.165) is 10.0 Å². The molecule has 1 aromatic rings. The summed E-state index contributed by atoms with van der Waals surface area (Å²) in [6.07, 6.45) is 0. The van der Waals surface area contributed by atoms with Crippen LogP contribution in [0.5, 0.6) is 0 Å². The number of hydrogen-bond acceptors (Lipinski definition) is 3. The summed E-state index contributed by atoms with van der Waals surface area (Å²) in [7, 11) is 0. The van der Waals surface area contributed by atoms with Crippen molar-refractivity contribution in [2.24, 2.45) is 0 Å². The third-order valence-electron chi connectivity index (χ3n) is 3.43. The maximum atomic E-state index is 12.4. The Labute approximate surface area is 136 Å². The van der Waals surface area contributed by atoms with Crippen molar-refractivity contribution in [3.63, 3.8) is 0 Å². The molecule has 1 heterocycles. The van der Waals surface area contributed by atoms with Crippen LogP contribution in [0.15, 0.2) is 28.7 Å². The first-order valence-corrected chi connectivity index (χ1v) is 8.43. The second-order valence-electron chi connectivity index (χ2n) is 4.92. The number of halogens is 1. The van der Waals surface area contributed by atoms with Crippen LogP contribution in [0.25, 0.3) is 0 Å². The number of nitrogens with zero attached hydrogens (tertiary/aromatic N) is 1. The highest BCUT2D eigenvalue weighted by Crippen LogP contribution is 2.29. The molecular weight excluding hydrogens is 356 g/mol. The minimum absolute atomic E-state index is 0.138. The lowest BCUT2D eigenvalue weighted by atomic mass is 10.1. The lowest BCUT2D eigenvalue weighted by molar-refractivity contribution is -0.141. The van der Waals surface area contributed by atoms with Gasteiger partial charge in [-0.15, -0.1) is 11.8 Å². The number of carbonyl (C=O) groups excluding carboxylic acids is 1. The molecule has 1 fully saturated rings. The van der Waals surface area contributed by atoms with E-state index in [4.69, 9.17) is 0 Å². The van der Waals surface area contributed by atoms with Crippen LogP contribution >= 0.6 is 27.7 Å². The van der Waals surface area contributed by atoms with Crippen LogP contribution in [-0.2, 0) is 4.79 Å². The molecule has 114 valence electrons. The second-order valence-corrected chi connectivity index (χ2v) is 7.18. The largest absolute Gasteiger partial charge is 0.480 e. The summed E-state index contributed by atoms with van der Waals surface area (Å²) in [5, 5.41) is 11.9. The highest BCUT2D eigenvalue weighted by atomic mass is 79.9. The number of nitrogens with one attached hydrogen (secondary N) is 1. The molecule has 3 atom stereocenters. The summed E-state index contributed by atoms with van der Waals surface area (Å²) < 4.78 is 0.939. The minimum Gasteiger partial charge on any atom is -0.480 e. The Kier molecular flexibility index (Phi) is 5.16. The first kappa shape index (κ1) is 16.2. The summed E-state index contributed by atoms with van der Waals surface area (Å²) in [6, 6.07) is 6.37. The Morgan fingerprint density at radius 1 is 1.52 bits per heavy atom. The topological polar surface area (TPSA) is 69.6 Å². The van der Waals surface area contributed by atoms with E-state index in [2.05, 4.69) is 21.2 Å². The van der Waals surface area contributed by atoms with E-state index in [0.29, 0.717) is 5.75 Å². The molecule has 7 heteroatoms. The quantitative estimate of drug-likeness (QED) is 0.855. The zero-order valence-electron chi connectivity index (χ0n) is 11.7. The summed E-state index contributed by atoms with van der Waals surface area (Å²) in [4.78, 5) is 25.0. The molecule has 1 aliphatic heterocycles. The monoisotopic (exact) mass is 372 g/mol. The number of benzene rings is 1. The number of rotatable bonds is 3. The molecule has 2 amide bonds. The molecule has 0 saturated carbocycles. The maximum Gasteiger partial charge on any atom is 0.327 e. The van der Waals surface area contributed by atoms with Gasteiger partial charge in [0.1, 0.15) is 6.04 Å². The lowest BCUT2D eigenvalue weighted by Gasteiger charge is -2.27. The molecule has 0 spiro atoms. The van der Waals surface area contributed by atoms with Crippen molar-refractivity contribution in [3.8, 4) is 0 Å². The fourth-order valence-electron chi connectivity index (χ4n) is 2.26. The van der Waals surface area contributed by atoms with Crippen LogP contribution in [-0.4, -0.2) is 39.2 Å². The molecule has 2 rings (SSSR count). The molecule has 21 heavy (non-hydrogen) atoms. The Hall–Kier alpha value is -1.21. The summed E-state index contributed by atoms with van der Waals surface area (Å²) >= 11 is 4.87. The van der Waals surface area contributed by atoms with Gasteiger partial charge in [-0.05, 0) is 31.5 Å². The van der Waals surface area contributed by atoms with Crippen molar-refractivity contribution in [3.05, 3.63) is 34.3 Å².